The molecule has 0 aromatic heterocycles. The Labute approximate surface area is 89.0 Å². The minimum Gasteiger partial charge on any atom is -0.368 e. The number of nitrogens with zero attached hydrogens (tertiary/aromatic N) is 1. The van der Waals surface area contributed by atoms with Gasteiger partial charge in [-0.05, 0) is 19.3 Å². The third kappa shape index (κ3) is 1.97. The van der Waals surface area contributed by atoms with Gasteiger partial charge in [0.25, 0.3) is 0 Å². The quantitative estimate of drug-likeness (QED) is 0.620. The van der Waals surface area contributed by atoms with Crippen LogP contribution in [-0.4, -0.2) is 42.4 Å². The van der Waals surface area contributed by atoms with Crippen LogP contribution >= 0.6 is 0 Å². The van der Waals surface area contributed by atoms with Crippen LogP contribution in [0, 0.1) is 5.92 Å². The average Bonchev–Trinajstić information content (AvgIpc) is 2.15. The molecule has 0 radical (unpaired) electrons. The first kappa shape index (κ1) is 10.4. The highest BCUT2D eigenvalue weighted by molar-refractivity contribution is 5.88. The predicted octanol–water partition coefficient (Wildman–Crippen LogP) is -0.928. The highest BCUT2D eigenvalue weighted by Gasteiger charge is 2.36. The first-order valence-corrected chi connectivity index (χ1v) is 5.50. The van der Waals surface area contributed by atoms with Gasteiger partial charge in [-0.2, -0.15) is 0 Å². The molecule has 15 heavy (non-hydrogen) atoms. The molecule has 0 spiro atoms. The van der Waals surface area contributed by atoms with Gasteiger partial charge in [-0.15, -0.1) is 0 Å². The maximum atomic E-state index is 12.0. The molecule has 2 aliphatic heterocycles. The lowest BCUT2D eigenvalue weighted by molar-refractivity contribution is -0.145. The van der Waals surface area contributed by atoms with Gasteiger partial charge >= 0.3 is 0 Å². The summed E-state index contributed by atoms with van der Waals surface area (Å²) in [6.45, 7) is 2.16. The van der Waals surface area contributed by atoms with Crippen molar-refractivity contribution in [1.82, 2.24) is 10.2 Å². The topological polar surface area (TPSA) is 75.4 Å². The molecule has 2 rings (SSSR count). The van der Waals surface area contributed by atoms with E-state index in [4.69, 9.17) is 5.73 Å². The molecule has 0 bridgehead atoms. The van der Waals surface area contributed by atoms with Crippen LogP contribution in [0.5, 0.6) is 0 Å². The van der Waals surface area contributed by atoms with E-state index < -0.39 is 0 Å². The van der Waals surface area contributed by atoms with Crippen molar-refractivity contribution in [3.8, 4) is 0 Å². The number of nitrogens with two attached hydrogens (primary N) is 1. The number of hydrogen-bond acceptors (Lipinski definition) is 3. The molecule has 2 saturated heterocycles. The number of carbonyl (C=O) groups is 2. The molecule has 84 valence electrons. The lowest BCUT2D eigenvalue weighted by Crippen LogP contribution is -2.58. The summed E-state index contributed by atoms with van der Waals surface area (Å²) in [5.41, 5.74) is 5.31. The summed E-state index contributed by atoms with van der Waals surface area (Å²) < 4.78 is 0. The molecule has 1 atom stereocenters. The standard InChI is InChI=1S/C10H17N3O2/c11-9(14)8-3-1-2-4-13(8)10(15)7-5-12-6-7/h7-8,12H,1-6H2,(H2,11,14). The second kappa shape index (κ2) is 4.18. The molecule has 1 unspecified atom stereocenters. The van der Waals surface area contributed by atoms with Gasteiger partial charge in [0, 0.05) is 19.6 Å². The van der Waals surface area contributed by atoms with Gasteiger partial charge in [0.2, 0.25) is 11.8 Å². The van der Waals surface area contributed by atoms with Gasteiger partial charge in [-0.25, -0.2) is 0 Å². The van der Waals surface area contributed by atoms with Crippen molar-refractivity contribution < 1.29 is 9.59 Å². The SMILES string of the molecule is NC(=O)C1CCCCN1C(=O)C1CNC1. The van der Waals surface area contributed by atoms with Crippen LogP contribution in [0.2, 0.25) is 0 Å². The second-order valence-corrected chi connectivity index (χ2v) is 4.30. The summed E-state index contributed by atoms with van der Waals surface area (Å²) in [6.07, 6.45) is 2.69. The van der Waals surface area contributed by atoms with E-state index in [1.165, 1.54) is 0 Å². The fourth-order valence-corrected chi connectivity index (χ4v) is 2.19. The van der Waals surface area contributed by atoms with Crippen LogP contribution in [-0.2, 0) is 9.59 Å². The number of amides is 2. The van der Waals surface area contributed by atoms with E-state index in [2.05, 4.69) is 5.32 Å². The number of carbonyl (C=O) groups excluding carboxylic acids is 2. The summed E-state index contributed by atoms with van der Waals surface area (Å²) >= 11 is 0. The Kier molecular flexibility index (Phi) is 2.90. The second-order valence-electron chi connectivity index (χ2n) is 4.30. The molecule has 2 amide bonds. The van der Waals surface area contributed by atoms with Crippen LogP contribution in [0.4, 0.5) is 0 Å². The van der Waals surface area contributed by atoms with Crippen molar-refractivity contribution in [2.45, 2.75) is 25.3 Å². The van der Waals surface area contributed by atoms with E-state index in [9.17, 15) is 9.59 Å². The van der Waals surface area contributed by atoms with Crippen molar-refractivity contribution in [2.75, 3.05) is 19.6 Å². The number of likely N-dealkylation sites (tertiary alicyclic amines) is 1. The van der Waals surface area contributed by atoms with Crippen LogP contribution in [0.3, 0.4) is 0 Å². The van der Waals surface area contributed by atoms with Crippen LogP contribution < -0.4 is 11.1 Å². The zero-order valence-corrected chi connectivity index (χ0v) is 8.74. The summed E-state index contributed by atoms with van der Waals surface area (Å²) in [5, 5.41) is 3.06. The van der Waals surface area contributed by atoms with E-state index >= 15 is 0 Å². The Bertz CT molecular complexity index is 276. The number of rotatable bonds is 2. The lowest BCUT2D eigenvalue weighted by atomic mass is 9.96. The Morgan fingerprint density at radius 3 is 2.53 bits per heavy atom. The molecule has 0 aromatic rings. The molecular weight excluding hydrogens is 194 g/mol. The molecule has 2 fully saturated rings. The maximum Gasteiger partial charge on any atom is 0.240 e. The third-order valence-corrected chi connectivity index (χ3v) is 3.25. The van der Waals surface area contributed by atoms with E-state index in [1.807, 2.05) is 0 Å². The van der Waals surface area contributed by atoms with Gasteiger partial charge in [-0.3, -0.25) is 9.59 Å². The monoisotopic (exact) mass is 211 g/mol. The molecule has 0 aliphatic carbocycles. The molecule has 3 N–H and O–H groups in total. The average molecular weight is 211 g/mol. The predicted molar refractivity (Wildman–Crippen MR) is 54.9 cm³/mol. The van der Waals surface area contributed by atoms with Gasteiger partial charge in [0.05, 0.1) is 5.92 Å². The highest BCUT2D eigenvalue weighted by Crippen LogP contribution is 2.20. The summed E-state index contributed by atoms with van der Waals surface area (Å²) in [4.78, 5) is 24.9. The van der Waals surface area contributed by atoms with Crippen molar-refractivity contribution in [3.63, 3.8) is 0 Å². The number of piperidine rings is 1. The molecule has 5 heteroatoms. The number of primary amides is 1. The fraction of sp³-hybridized carbons (Fsp3) is 0.800. The minimum atomic E-state index is -0.369. The molecular formula is C10H17N3O2. The summed E-state index contributed by atoms with van der Waals surface area (Å²) in [6, 6.07) is -0.369. The lowest BCUT2D eigenvalue weighted by Gasteiger charge is -2.38. The summed E-state index contributed by atoms with van der Waals surface area (Å²) in [5.74, 6) is -0.211. The number of hydrogen-bond donors (Lipinski definition) is 2. The van der Waals surface area contributed by atoms with E-state index in [1.54, 1.807) is 4.90 Å². The van der Waals surface area contributed by atoms with Crippen molar-refractivity contribution in [2.24, 2.45) is 11.7 Å². The molecule has 0 aromatic carbocycles. The third-order valence-electron chi connectivity index (χ3n) is 3.25. The zero-order chi connectivity index (χ0) is 10.8. The van der Waals surface area contributed by atoms with E-state index in [0.717, 1.165) is 32.4 Å². The van der Waals surface area contributed by atoms with Gasteiger partial charge in [0.1, 0.15) is 6.04 Å². The van der Waals surface area contributed by atoms with E-state index in [-0.39, 0.29) is 23.8 Å². The molecule has 2 heterocycles. The van der Waals surface area contributed by atoms with Crippen LogP contribution in [0.15, 0.2) is 0 Å². The minimum absolute atomic E-state index is 0.0601. The van der Waals surface area contributed by atoms with Crippen molar-refractivity contribution >= 4 is 11.8 Å². The largest absolute Gasteiger partial charge is 0.368 e. The zero-order valence-electron chi connectivity index (χ0n) is 8.74. The Morgan fingerprint density at radius 2 is 2.00 bits per heavy atom. The summed E-state index contributed by atoms with van der Waals surface area (Å²) in [7, 11) is 0. The van der Waals surface area contributed by atoms with Gasteiger partial charge in [-0.1, -0.05) is 0 Å². The van der Waals surface area contributed by atoms with E-state index in [0.29, 0.717) is 6.54 Å². The van der Waals surface area contributed by atoms with Gasteiger partial charge in [0.15, 0.2) is 0 Å². The normalized spacial score (nSPS) is 27.2. The Morgan fingerprint density at radius 1 is 1.27 bits per heavy atom. The van der Waals surface area contributed by atoms with Gasteiger partial charge < -0.3 is 16.0 Å². The van der Waals surface area contributed by atoms with Crippen molar-refractivity contribution in [3.05, 3.63) is 0 Å². The fourth-order valence-electron chi connectivity index (χ4n) is 2.19. The highest BCUT2D eigenvalue weighted by atomic mass is 16.2. The first-order valence-electron chi connectivity index (χ1n) is 5.50. The Balaban J connectivity index is 2.03. The maximum absolute atomic E-state index is 12.0. The first-order chi connectivity index (χ1) is 7.20. The molecule has 2 aliphatic rings. The molecule has 5 nitrogen and oxygen atoms in total. The Hall–Kier alpha value is -1.10. The molecule has 0 saturated carbocycles. The smallest absolute Gasteiger partial charge is 0.240 e. The van der Waals surface area contributed by atoms with Crippen LogP contribution in [0.1, 0.15) is 19.3 Å². The van der Waals surface area contributed by atoms with Crippen LogP contribution in [0.25, 0.3) is 0 Å². The van der Waals surface area contributed by atoms with Crippen molar-refractivity contribution in [1.29, 1.82) is 0 Å². The number of nitrogens with one attached hydrogen (secondary N) is 1.